The molecule has 1 nitrogen and oxygen atoms in total. The molecule has 0 saturated heterocycles. The molecule has 0 heterocycles. The first-order valence-corrected chi connectivity index (χ1v) is 5.16. The Morgan fingerprint density at radius 2 is 1.93 bits per heavy atom. The lowest BCUT2D eigenvalue weighted by molar-refractivity contribution is 1.35. The second-order valence-electron chi connectivity index (χ2n) is 2.86. The fourth-order valence-corrected chi connectivity index (χ4v) is 1.22. The molecule has 2 heteroatoms. The summed E-state index contributed by atoms with van der Waals surface area (Å²) in [4.78, 5) is 0. The molecule has 0 fully saturated rings. The second kappa shape index (κ2) is 6.50. The molecule has 1 N–H and O–H groups in total. The van der Waals surface area contributed by atoms with Crippen LogP contribution in [-0.2, 0) is 0 Å². The molecule has 1 aromatic rings. The van der Waals surface area contributed by atoms with Crippen LogP contribution in [0.2, 0.25) is 5.02 Å². The summed E-state index contributed by atoms with van der Waals surface area (Å²) in [6.07, 6.45) is 0. The van der Waals surface area contributed by atoms with E-state index in [4.69, 9.17) is 11.6 Å². The molecule has 1 aromatic carbocycles. The van der Waals surface area contributed by atoms with E-state index in [0.717, 1.165) is 22.0 Å². The highest BCUT2D eigenvalue weighted by Gasteiger charge is 1.97. The van der Waals surface area contributed by atoms with Gasteiger partial charge < -0.3 is 5.32 Å². The van der Waals surface area contributed by atoms with E-state index < -0.39 is 0 Å². The third kappa shape index (κ3) is 4.33. The van der Waals surface area contributed by atoms with Crippen LogP contribution < -0.4 is 5.32 Å². The van der Waals surface area contributed by atoms with E-state index in [9.17, 15) is 0 Å². The lowest BCUT2D eigenvalue weighted by atomic mass is 10.2. The highest BCUT2D eigenvalue weighted by Crippen LogP contribution is 2.20. The Bertz CT molecular complexity index is 305. The molecule has 78 valence electrons. The van der Waals surface area contributed by atoms with Crippen molar-refractivity contribution in [3.05, 3.63) is 41.1 Å². The van der Waals surface area contributed by atoms with Gasteiger partial charge in [-0.05, 0) is 37.6 Å². The number of halogens is 1. The lowest BCUT2D eigenvalue weighted by Gasteiger charge is -2.08. The van der Waals surface area contributed by atoms with Crippen LogP contribution in [0.15, 0.2) is 30.5 Å². The molecular weight excluding hydrogens is 194 g/mol. The minimum Gasteiger partial charge on any atom is -0.360 e. The van der Waals surface area contributed by atoms with Crippen molar-refractivity contribution in [2.75, 3.05) is 5.32 Å². The second-order valence-corrected chi connectivity index (χ2v) is 3.30. The largest absolute Gasteiger partial charge is 0.360 e. The zero-order valence-corrected chi connectivity index (χ0v) is 10.1. The van der Waals surface area contributed by atoms with Crippen LogP contribution in [0, 0.1) is 6.92 Å². The van der Waals surface area contributed by atoms with Gasteiger partial charge in [-0.3, -0.25) is 0 Å². The van der Waals surface area contributed by atoms with Crippen LogP contribution in [0.5, 0.6) is 0 Å². The van der Waals surface area contributed by atoms with Gasteiger partial charge in [-0.25, -0.2) is 0 Å². The average molecular weight is 212 g/mol. The molecule has 14 heavy (non-hydrogen) atoms. The van der Waals surface area contributed by atoms with Gasteiger partial charge in [0.25, 0.3) is 0 Å². The predicted octanol–water partition coefficient (Wildman–Crippen LogP) is 4.62. The average Bonchev–Trinajstić information content (AvgIpc) is 2.13. The number of hydrogen-bond acceptors (Lipinski definition) is 1. The molecule has 0 amide bonds. The SMILES string of the molecule is C=C(C)Nc1ccc(Cl)cc1C.CC. The van der Waals surface area contributed by atoms with Crippen molar-refractivity contribution in [1.29, 1.82) is 0 Å². The van der Waals surface area contributed by atoms with Crippen molar-refractivity contribution in [1.82, 2.24) is 0 Å². The van der Waals surface area contributed by atoms with Gasteiger partial charge in [0.2, 0.25) is 0 Å². The minimum atomic E-state index is 0.764. The maximum Gasteiger partial charge on any atom is 0.0412 e. The summed E-state index contributed by atoms with van der Waals surface area (Å²) in [5, 5.41) is 3.91. The Hall–Kier alpha value is -0.950. The molecule has 0 bridgehead atoms. The van der Waals surface area contributed by atoms with E-state index in [1.165, 1.54) is 0 Å². The lowest BCUT2D eigenvalue weighted by Crippen LogP contribution is -1.95. The van der Waals surface area contributed by atoms with E-state index in [-0.39, 0.29) is 0 Å². The summed E-state index contributed by atoms with van der Waals surface area (Å²) in [6.45, 7) is 11.7. The molecule has 0 atom stereocenters. The van der Waals surface area contributed by atoms with Crippen molar-refractivity contribution >= 4 is 17.3 Å². The number of hydrogen-bond donors (Lipinski definition) is 1. The summed E-state index contributed by atoms with van der Waals surface area (Å²) >= 11 is 5.80. The van der Waals surface area contributed by atoms with Gasteiger partial charge in [0.05, 0.1) is 0 Å². The number of rotatable bonds is 2. The van der Waals surface area contributed by atoms with Crippen LogP contribution in [-0.4, -0.2) is 0 Å². The molecule has 0 aliphatic rings. The smallest absolute Gasteiger partial charge is 0.0412 e. The Balaban J connectivity index is 0.000000791. The van der Waals surface area contributed by atoms with E-state index in [0.29, 0.717) is 0 Å². The van der Waals surface area contributed by atoms with Gasteiger partial charge in [0.1, 0.15) is 0 Å². The van der Waals surface area contributed by atoms with Gasteiger partial charge in [0.15, 0.2) is 0 Å². The number of anilines is 1. The van der Waals surface area contributed by atoms with Crippen molar-refractivity contribution < 1.29 is 0 Å². The molecule has 0 aliphatic heterocycles. The number of benzene rings is 1. The predicted molar refractivity (Wildman–Crippen MR) is 66.0 cm³/mol. The molecule has 0 unspecified atom stereocenters. The van der Waals surface area contributed by atoms with Crippen molar-refractivity contribution in [3.8, 4) is 0 Å². The van der Waals surface area contributed by atoms with E-state index in [1.807, 2.05) is 45.9 Å². The fraction of sp³-hybridized carbons (Fsp3) is 0.333. The molecule has 0 aliphatic carbocycles. The first-order chi connectivity index (χ1) is 6.59. The summed E-state index contributed by atoms with van der Waals surface area (Å²) in [7, 11) is 0. The summed E-state index contributed by atoms with van der Waals surface area (Å²) in [5.41, 5.74) is 3.12. The van der Waals surface area contributed by atoms with Gasteiger partial charge in [-0.2, -0.15) is 0 Å². The highest BCUT2D eigenvalue weighted by atomic mass is 35.5. The summed E-state index contributed by atoms with van der Waals surface area (Å²) in [6, 6.07) is 5.74. The maximum absolute atomic E-state index is 5.80. The standard InChI is InChI=1S/C10H12ClN.C2H6/c1-7(2)12-10-5-4-9(11)6-8(10)3;1-2/h4-6,12H,1H2,2-3H3;1-2H3. The topological polar surface area (TPSA) is 12.0 Å². The Morgan fingerprint density at radius 3 is 2.36 bits per heavy atom. The normalized spacial score (nSPS) is 8.64. The first kappa shape index (κ1) is 13.1. The number of allylic oxidation sites excluding steroid dienone is 1. The number of aryl methyl sites for hydroxylation is 1. The fourth-order valence-electron chi connectivity index (χ4n) is 0.997. The van der Waals surface area contributed by atoms with Crippen LogP contribution in [0.4, 0.5) is 5.69 Å². The van der Waals surface area contributed by atoms with Gasteiger partial charge >= 0.3 is 0 Å². The zero-order valence-electron chi connectivity index (χ0n) is 9.32. The van der Waals surface area contributed by atoms with E-state index in [2.05, 4.69) is 11.9 Å². The van der Waals surface area contributed by atoms with Crippen LogP contribution in [0.1, 0.15) is 26.3 Å². The van der Waals surface area contributed by atoms with Crippen LogP contribution >= 0.6 is 11.6 Å². The quantitative estimate of drug-likeness (QED) is 0.753. The minimum absolute atomic E-state index is 0.764. The summed E-state index contributed by atoms with van der Waals surface area (Å²) < 4.78 is 0. The molecule has 0 saturated carbocycles. The van der Waals surface area contributed by atoms with Crippen molar-refractivity contribution in [3.63, 3.8) is 0 Å². The molecule has 0 aromatic heterocycles. The monoisotopic (exact) mass is 211 g/mol. The first-order valence-electron chi connectivity index (χ1n) is 4.78. The third-order valence-corrected chi connectivity index (χ3v) is 1.77. The highest BCUT2D eigenvalue weighted by molar-refractivity contribution is 6.30. The molecular formula is C12H18ClN. The zero-order chi connectivity index (χ0) is 11.1. The van der Waals surface area contributed by atoms with E-state index in [1.54, 1.807) is 0 Å². The van der Waals surface area contributed by atoms with Gasteiger partial charge in [-0.1, -0.05) is 32.0 Å². The van der Waals surface area contributed by atoms with Crippen LogP contribution in [0.3, 0.4) is 0 Å². The molecule has 1 rings (SSSR count). The Kier molecular flexibility index (Phi) is 6.06. The Labute approximate surface area is 91.8 Å². The number of nitrogens with one attached hydrogen (secondary N) is 1. The third-order valence-electron chi connectivity index (χ3n) is 1.54. The van der Waals surface area contributed by atoms with Gasteiger partial charge in [0, 0.05) is 16.4 Å². The van der Waals surface area contributed by atoms with Crippen molar-refractivity contribution in [2.45, 2.75) is 27.7 Å². The van der Waals surface area contributed by atoms with Gasteiger partial charge in [-0.15, -0.1) is 0 Å². The van der Waals surface area contributed by atoms with Crippen molar-refractivity contribution in [2.24, 2.45) is 0 Å². The van der Waals surface area contributed by atoms with Crippen LogP contribution in [0.25, 0.3) is 0 Å². The van der Waals surface area contributed by atoms with E-state index >= 15 is 0 Å². The molecule has 0 spiro atoms. The maximum atomic E-state index is 5.80. The Morgan fingerprint density at radius 1 is 1.36 bits per heavy atom. The summed E-state index contributed by atoms with van der Waals surface area (Å²) in [5.74, 6) is 0. The molecule has 0 radical (unpaired) electrons.